The first-order valence-electron chi connectivity index (χ1n) is 6.49. The molecule has 0 aromatic carbocycles. The first kappa shape index (κ1) is 16.2. The van der Waals surface area contributed by atoms with Gasteiger partial charge in [-0.1, -0.05) is 0 Å². The molecule has 0 spiro atoms. The minimum atomic E-state index is -0.441. The lowest BCUT2D eigenvalue weighted by atomic mass is 10.2. The molecule has 0 bridgehead atoms. The van der Waals surface area contributed by atoms with Crippen molar-refractivity contribution in [3.8, 4) is 6.07 Å². The molecule has 8 heteroatoms. The zero-order chi connectivity index (χ0) is 15.4. The van der Waals surface area contributed by atoms with Gasteiger partial charge in [0.1, 0.15) is 21.5 Å². The Kier molecular flexibility index (Phi) is 5.58. The van der Waals surface area contributed by atoms with Gasteiger partial charge in [0.05, 0.1) is 30.4 Å². The summed E-state index contributed by atoms with van der Waals surface area (Å²) in [6, 6.07) is 2.12. The third-order valence-electron chi connectivity index (χ3n) is 3.03. The van der Waals surface area contributed by atoms with E-state index in [1.165, 1.54) is 11.3 Å². The minimum Gasteiger partial charge on any atom is -0.462 e. The van der Waals surface area contributed by atoms with Crippen molar-refractivity contribution in [1.82, 2.24) is 0 Å². The number of rotatable bonds is 4. The van der Waals surface area contributed by atoms with Crippen LogP contribution in [-0.4, -0.2) is 50.1 Å². The van der Waals surface area contributed by atoms with E-state index in [9.17, 15) is 15.2 Å². The number of ether oxygens (including phenoxy) is 2. The number of nitriles is 1. The SMILES string of the molecule is CCOC(=O)c1sc(N2CCOC(CO)C2)c(C#N)c1Br. The molecule has 0 aliphatic carbocycles. The topological polar surface area (TPSA) is 82.8 Å². The molecule has 1 saturated heterocycles. The van der Waals surface area contributed by atoms with E-state index in [2.05, 4.69) is 22.0 Å². The molecule has 1 fully saturated rings. The van der Waals surface area contributed by atoms with Crippen molar-refractivity contribution in [2.24, 2.45) is 0 Å². The number of esters is 1. The molecule has 0 amide bonds. The van der Waals surface area contributed by atoms with Gasteiger partial charge in [0.15, 0.2) is 0 Å². The molecule has 2 rings (SSSR count). The number of thiophene rings is 1. The van der Waals surface area contributed by atoms with E-state index in [1.807, 2.05) is 4.90 Å². The largest absolute Gasteiger partial charge is 0.462 e. The minimum absolute atomic E-state index is 0.0737. The van der Waals surface area contributed by atoms with Gasteiger partial charge in [0, 0.05) is 13.1 Å². The molecule has 6 nitrogen and oxygen atoms in total. The maximum Gasteiger partial charge on any atom is 0.349 e. The van der Waals surface area contributed by atoms with Gasteiger partial charge in [0.25, 0.3) is 0 Å². The van der Waals surface area contributed by atoms with Crippen LogP contribution in [0.2, 0.25) is 0 Å². The zero-order valence-electron chi connectivity index (χ0n) is 11.5. The third-order valence-corrected chi connectivity index (χ3v) is 5.32. The lowest BCUT2D eigenvalue weighted by Gasteiger charge is -2.32. The summed E-state index contributed by atoms with van der Waals surface area (Å²) in [5.74, 6) is -0.441. The number of anilines is 1. The van der Waals surface area contributed by atoms with Gasteiger partial charge in [0.2, 0.25) is 0 Å². The Morgan fingerprint density at radius 2 is 2.48 bits per heavy atom. The predicted octanol–water partition coefficient (Wildman–Crippen LogP) is 1.76. The highest BCUT2D eigenvalue weighted by Crippen LogP contribution is 2.40. The fourth-order valence-electron chi connectivity index (χ4n) is 2.06. The smallest absolute Gasteiger partial charge is 0.349 e. The monoisotopic (exact) mass is 374 g/mol. The van der Waals surface area contributed by atoms with Crippen LogP contribution in [0.25, 0.3) is 0 Å². The average Bonchev–Trinajstić information content (AvgIpc) is 2.84. The van der Waals surface area contributed by atoms with Gasteiger partial charge in [-0.3, -0.25) is 0 Å². The Hall–Kier alpha value is -1.14. The number of aliphatic hydroxyl groups is 1. The Morgan fingerprint density at radius 3 is 3.10 bits per heavy atom. The number of nitrogens with zero attached hydrogens (tertiary/aromatic N) is 2. The summed E-state index contributed by atoms with van der Waals surface area (Å²) in [7, 11) is 0. The average molecular weight is 375 g/mol. The van der Waals surface area contributed by atoms with Crippen molar-refractivity contribution >= 4 is 38.2 Å². The molecule has 21 heavy (non-hydrogen) atoms. The van der Waals surface area contributed by atoms with Crippen LogP contribution in [-0.2, 0) is 9.47 Å². The van der Waals surface area contributed by atoms with Crippen LogP contribution in [0.1, 0.15) is 22.2 Å². The van der Waals surface area contributed by atoms with Crippen LogP contribution in [0.3, 0.4) is 0 Å². The number of halogens is 1. The van der Waals surface area contributed by atoms with Crippen molar-refractivity contribution in [3.63, 3.8) is 0 Å². The third kappa shape index (κ3) is 3.37. The van der Waals surface area contributed by atoms with Crippen molar-refractivity contribution < 1.29 is 19.4 Å². The number of hydrogen-bond donors (Lipinski definition) is 1. The second-order valence-corrected chi connectivity index (χ2v) is 6.17. The van der Waals surface area contributed by atoms with Crippen molar-refractivity contribution in [3.05, 3.63) is 14.9 Å². The summed E-state index contributed by atoms with van der Waals surface area (Å²) in [5, 5.41) is 19.3. The van der Waals surface area contributed by atoms with E-state index >= 15 is 0 Å². The number of aliphatic hydroxyl groups excluding tert-OH is 1. The molecule has 114 valence electrons. The number of morpholine rings is 1. The Labute approximate surface area is 135 Å². The van der Waals surface area contributed by atoms with Gasteiger partial charge in [-0.05, 0) is 22.9 Å². The Bertz CT molecular complexity index is 569. The van der Waals surface area contributed by atoms with E-state index in [0.717, 1.165) is 0 Å². The standard InChI is InChI=1S/C13H15BrN2O4S/c1-2-19-13(18)11-10(14)9(5-15)12(21-11)16-3-4-20-8(6-16)7-17/h8,17H,2-4,6-7H2,1H3. The molecule has 1 aliphatic rings. The molecule has 1 aromatic rings. The van der Waals surface area contributed by atoms with Gasteiger partial charge in [-0.2, -0.15) is 5.26 Å². The van der Waals surface area contributed by atoms with Gasteiger partial charge in [-0.15, -0.1) is 11.3 Å². The van der Waals surface area contributed by atoms with E-state index < -0.39 is 5.97 Å². The van der Waals surface area contributed by atoms with E-state index in [4.69, 9.17) is 9.47 Å². The molecule has 0 radical (unpaired) electrons. The molecular formula is C13H15BrN2O4S. The molecule has 2 heterocycles. The van der Waals surface area contributed by atoms with Gasteiger partial charge < -0.3 is 19.5 Å². The summed E-state index contributed by atoms with van der Waals surface area (Å²) in [6.45, 7) is 3.51. The van der Waals surface area contributed by atoms with E-state index in [0.29, 0.717) is 39.6 Å². The maximum atomic E-state index is 11.9. The summed E-state index contributed by atoms with van der Waals surface area (Å²) in [6.07, 6.45) is -0.280. The molecule has 1 N–H and O–H groups in total. The molecular weight excluding hydrogens is 360 g/mol. The van der Waals surface area contributed by atoms with E-state index in [1.54, 1.807) is 6.92 Å². The molecule has 1 aliphatic heterocycles. The van der Waals surface area contributed by atoms with Gasteiger partial charge >= 0.3 is 5.97 Å². The zero-order valence-corrected chi connectivity index (χ0v) is 13.9. The molecule has 1 aromatic heterocycles. The second kappa shape index (κ2) is 7.22. The first-order valence-corrected chi connectivity index (χ1v) is 8.10. The number of carbonyl (C=O) groups excluding carboxylic acids is 1. The Balaban J connectivity index is 2.33. The van der Waals surface area contributed by atoms with Crippen LogP contribution in [0.5, 0.6) is 0 Å². The van der Waals surface area contributed by atoms with Crippen LogP contribution in [0.15, 0.2) is 4.47 Å². The molecule has 1 atom stereocenters. The lowest BCUT2D eigenvalue weighted by Crippen LogP contribution is -2.44. The summed E-state index contributed by atoms with van der Waals surface area (Å²) in [4.78, 5) is 14.3. The lowest BCUT2D eigenvalue weighted by molar-refractivity contribution is 0.00373. The van der Waals surface area contributed by atoms with Crippen molar-refractivity contribution in [2.45, 2.75) is 13.0 Å². The van der Waals surface area contributed by atoms with Crippen LogP contribution < -0.4 is 4.90 Å². The highest BCUT2D eigenvalue weighted by atomic mass is 79.9. The van der Waals surface area contributed by atoms with Crippen molar-refractivity contribution in [1.29, 1.82) is 5.26 Å². The quantitative estimate of drug-likeness (QED) is 0.808. The van der Waals surface area contributed by atoms with Crippen molar-refractivity contribution in [2.75, 3.05) is 37.8 Å². The summed E-state index contributed by atoms with van der Waals surface area (Å²) in [5.41, 5.74) is 0.418. The highest BCUT2D eigenvalue weighted by Gasteiger charge is 2.28. The fraction of sp³-hybridized carbons (Fsp3) is 0.538. The molecule has 0 saturated carbocycles. The fourth-order valence-corrected chi connectivity index (χ4v) is 3.95. The molecule has 1 unspecified atom stereocenters. The number of carbonyl (C=O) groups is 1. The first-order chi connectivity index (χ1) is 10.1. The van der Waals surface area contributed by atoms with Crippen LogP contribution in [0, 0.1) is 11.3 Å². The predicted molar refractivity (Wildman–Crippen MR) is 81.7 cm³/mol. The second-order valence-electron chi connectivity index (χ2n) is 4.38. The summed E-state index contributed by atoms with van der Waals surface area (Å²) < 4.78 is 10.9. The summed E-state index contributed by atoms with van der Waals surface area (Å²) >= 11 is 4.53. The highest BCUT2D eigenvalue weighted by molar-refractivity contribution is 9.10. The van der Waals surface area contributed by atoms with Crippen LogP contribution in [0.4, 0.5) is 5.00 Å². The van der Waals surface area contributed by atoms with Gasteiger partial charge in [-0.25, -0.2) is 4.79 Å². The maximum absolute atomic E-state index is 11.9. The number of hydrogen-bond acceptors (Lipinski definition) is 7. The van der Waals surface area contributed by atoms with E-state index in [-0.39, 0.29) is 19.3 Å². The Morgan fingerprint density at radius 1 is 1.71 bits per heavy atom. The normalized spacial score (nSPS) is 18.4. The van der Waals surface area contributed by atoms with Crippen LogP contribution >= 0.6 is 27.3 Å².